The maximum Gasteiger partial charge on any atom is 0.220 e. The van der Waals surface area contributed by atoms with E-state index in [1.165, 1.54) is 19.3 Å². The summed E-state index contributed by atoms with van der Waals surface area (Å²) in [7, 11) is 0. The summed E-state index contributed by atoms with van der Waals surface area (Å²) >= 11 is 0. The number of hydrogen-bond acceptors (Lipinski definition) is 2. The van der Waals surface area contributed by atoms with Gasteiger partial charge >= 0.3 is 0 Å². The molecular formula is C17H26N2O. The van der Waals surface area contributed by atoms with Crippen LogP contribution in [0, 0.1) is 5.92 Å². The fourth-order valence-electron chi connectivity index (χ4n) is 3.10. The van der Waals surface area contributed by atoms with E-state index < -0.39 is 0 Å². The smallest absolute Gasteiger partial charge is 0.220 e. The Hall–Kier alpha value is -1.51. The van der Waals surface area contributed by atoms with Gasteiger partial charge in [-0.15, -0.1) is 0 Å². The van der Waals surface area contributed by atoms with Crippen molar-refractivity contribution in [2.45, 2.75) is 57.9 Å². The first-order valence-corrected chi connectivity index (χ1v) is 7.81. The van der Waals surface area contributed by atoms with Gasteiger partial charge in [0, 0.05) is 18.2 Å². The van der Waals surface area contributed by atoms with Gasteiger partial charge in [0.1, 0.15) is 0 Å². The van der Waals surface area contributed by atoms with Gasteiger partial charge in [0.05, 0.1) is 0 Å². The van der Waals surface area contributed by atoms with Gasteiger partial charge < -0.3 is 11.1 Å². The third kappa shape index (κ3) is 4.26. The summed E-state index contributed by atoms with van der Waals surface area (Å²) < 4.78 is 0. The molecule has 1 amide bonds. The fourth-order valence-corrected chi connectivity index (χ4v) is 3.10. The number of nitrogens with one attached hydrogen (secondary N) is 1. The van der Waals surface area contributed by atoms with E-state index in [1.807, 2.05) is 24.3 Å². The van der Waals surface area contributed by atoms with Gasteiger partial charge in [0.2, 0.25) is 5.91 Å². The van der Waals surface area contributed by atoms with Crippen molar-refractivity contribution in [3.05, 3.63) is 29.8 Å². The second-order valence-corrected chi connectivity index (χ2v) is 5.90. The summed E-state index contributed by atoms with van der Waals surface area (Å²) in [6.07, 6.45) is 7.33. The second kappa shape index (κ2) is 7.32. The van der Waals surface area contributed by atoms with Gasteiger partial charge in [-0.05, 0) is 36.8 Å². The number of para-hydroxylation sites is 1. The van der Waals surface area contributed by atoms with Crippen molar-refractivity contribution in [1.29, 1.82) is 0 Å². The molecule has 0 radical (unpaired) electrons. The van der Waals surface area contributed by atoms with E-state index in [0.717, 1.165) is 36.4 Å². The maximum atomic E-state index is 12.0. The highest BCUT2D eigenvalue weighted by molar-refractivity contribution is 5.76. The third-order valence-electron chi connectivity index (χ3n) is 4.40. The number of hydrogen-bond donors (Lipinski definition) is 2. The Labute approximate surface area is 121 Å². The van der Waals surface area contributed by atoms with E-state index in [0.29, 0.717) is 12.5 Å². The molecular weight excluding hydrogens is 248 g/mol. The van der Waals surface area contributed by atoms with Crippen molar-refractivity contribution in [3.63, 3.8) is 0 Å². The summed E-state index contributed by atoms with van der Waals surface area (Å²) in [6.45, 7) is 2.24. The molecule has 20 heavy (non-hydrogen) atoms. The lowest BCUT2D eigenvalue weighted by molar-refractivity contribution is -0.122. The Kier molecular flexibility index (Phi) is 5.45. The van der Waals surface area contributed by atoms with Gasteiger partial charge in [-0.2, -0.15) is 0 Å². The number of anilines is 1. The summed E-state index contributed by atoms with van der Waals surface area (Å²) in [5.74, 6) is 0.953. The van der Waals surface area contributed by atoms with Crippen molar-refractivity contribution < 1.29 is 4.79 Å². The standard InChI is InChI=1S/C17H26N2O/c1-2-13-6-5-8-15(12-13)19-17(20)11-10-14-7-3-4-9-16(14)18/h3-4,7,9,13,15H,2,5-6,8,10-12,18H2,1H3,(H,19,20). The van der Waals surface area contributed by atoms with Crippen molar-refractivity contribution in [1.82, 2.24) is 5.32 Å². The quantitative estimate of drug-likeness (QED) is 0.810. The van der Waals surface area contributed by atoms with E-state index >= 15 is 0 Å². The van der Waals surface area contributed by atoms with E-state index in [2.05, 4.69) is 12.2 Å². The summed E-state index contributed by atoms with van der Waals surface area (Å²) in [5, 5.41) is 3.19. The van der Waals surface area contributed by atoms with Crippen LogP contribution in [0.25, 0.3) is 0 Å². The van der Waals surface area contributed by atoms with Crippen LogP contribution in [0.3, 0.4) is 0 Å². The highest BCUT2D eigenvalue weighted by Crippen LogP contribution is 2.26. The molecule has 0 saturated heterocycles. The first-order chi connectivity index (χ1) is 9.69. The molecule has 110 valence electrons. The van der Waals surface area contributed by atoms with Crippen molar-refractivity contribution in [2.24, 2.45) is 5.92 Å². The first kappa shape index (κ1) is 14.9. The van der Waals surface area contributed by atoms with Crippen LogP contribution >= 0.6 is 0 Å². The number of nitrogens with two attached hydrogens (primary N) is 1. The predicted octanol–water partition coefficient (Wildman–Crippen LogP) is 3.29. The monoisotopic (exact) mass is 274 g/mol. The van der Waals surface area contributed by atoms with Crippen LogP contribution < -0.4 is 11.1 Å². The number of carbonyl (C=O) groups excluding carboxylic acids is 1. The van der Waals surface area contributed by atoms with Crippen molar-refractivity contribution in [2.75, 3.05) is 5.73 Å². The fraction of sp³-hybridized carbons (Fsp3) is 0.588. The minimum absolute atomic E-state index is 0.162. The van der Waals surface area contributed by atoms with Crippen LogP contribution in [-0.4, -0.2) is 11.9 Å². The van der Waals surface area contributed by atoms with Crippen LogP contribution in [0.1, 0.15) is 51.0 Å². The van der Waals surface area contributed by atoms with E-state index in [-0.39, 0.29) is 5.91 Å². The molecule has 0 spiro atoms. The normalized spacial score (nSPS) is 22.4. The third-order valence-corrected chi connectivity index (χ3v) is 4.40. The Morgan fingerprint density at radius 1 is 1.35 bits per heavy atom. The van der Waals surface area contributed by atoms with Gasteiger partial charge in [-0.25, -0.2) is 0 Å². The Morgan fingerprint density at radius 3 is 2.90 bits per heavy atom. The number of nitrogen functional groups attached to an aromatic ring is 1. The Balaban J connectivity index is 1.77. The molecule has 3 nitrogen and oxygen atoms in total. The molecule has 3 N–H and O–H groups in total. The number of amides is 1. The molecule has 1 aromatic rings. The van der Waals surface area contributed by atoms with E-state index in [1.54, 1.807) is 0 Å². The molecule has 1 aliphatic rings. The molecule has 1 fully saturated rings. The molecule has 0 heterocycles. The lowest BCUT2D eigenvalue weighted by Crippen LogP contribution is -2.38. The second-order valence-electron chi connectivity index (χ2n) is 5.90. The SMILES string of the molecule is CCC1CCCC(NC(=O)CCc2ccccc2N)C1. The molecule has 2 rings (SSSR count). The van der Waals surface area contributed by atoms with Gasteiger partial charge in [0.15, 0.2) is 0 Å². The lowest BCUT2D eigenvalue weighted by atomic mass is 9.84. The van der Waals surface area contributed by atoms with Crippen LogP contribution in [0.4, 0.5) is 5.69 Å². The van der Waals surface area contributed by atoms with Gasteiger partial charge in [0.25, 0.3) is 0 Å². The Bertz CT molecular complexity index is 444. The topological polar surface area (TPSA) is 55.1 Å². The summed E-state index contributed by atoms with van der Waals surface area (Å²) in [5.41, 5.74) is 7.74. The molecule has 0 aromatic heterocycles. The van der Waals surface area contributed by atoms with Gasteiger partial charge in [-0.1, -0.05) is 44.4 Å². The number of benzene rings is 1. The minimum Gasteiger partial charge on any atom is -0.399 e. The molecule has 1 aromatic carbocycles. The number of rotatable bonds is 5. The zero-order valence-corrected chi connectivity index (χ0v) is 12.4. The molecule has 0 aliphatic heterocycles. The zero-order valence-electron chi connectivity index (χ0n) is 12.4. The predicted molar refractivity (Wildman–Crippen MR) is 83.4 cm³/mol. The maximum absolute atomic E-state index is 12.0. The average molecular weight is 274 g/mol. The van der Waals surface area contributed by atoms with Crippen LogP contribution in [0.5, 0.6) is 0 Å². The van der Waals surface area contributed by atoms with Crippen LogP contribution in [0.15, 0.2) is 24.3 Å². The minimum atomic E-state index is 0.162. The Morgan fingerprint density at radius 2 is 2.15 bits per heavy atom. The van der Waals surface area contributed by atoms with Crippen molar-refractivity contribution in [3.8, 4) is 0 Å². The largest absolute Gasteiger partial charge is 0.399 e. The number of carbonyl (C=O) groups is 1. The van der Waals surface area contributed by atoms with Crippen LogP contribution in [0.2, 0.25) is 0 Å². The zero-order chi connectivity index (χ0) is 14.4. The summed E-state index contributed by atoms with van der Waals surface area (Å²) in [6, 6.07) is 8.16. The molecule has 1 aliphatic carbocycles. The van der Waals surface area contributed by atoms with Crippen molar-refractivity contribution >= 4 is 11.6 Å². The highest BCUT2D eigenvalue weighted by atomic mass is 16.1. The molecule has 0 bridgehead atoms. The van der Waals surface area contributed by atoms with Gasteiger partial charge in [-0.3, -0.25) is 4.79 Å². The summed E-state index contributed by atoms with van der Waals surface area (Å²) in [4.78, 5) is 12.0. The molecule has 2 atom stereocenters. The highest BCUT2D eigenvalue weighted by Gasteiger charge is 2.21. The van der Waals surface area contributed by atoms with Crippen LogP contribution in [-0.2, 0) is 11.2 Å². The van der Waals surface area contributed by atoms with E-state index in [4.69, 9.17) is 5.73 Å². The molecule has 1 saturated carbocycles. The lowest BCUT2D eigenvalue weighted by Gasteiger charge is -2.29. The molecule has 3 heteroatoms. The first-order valence-electron chi connectivity index (χ1n) is 7.81. The van der Waals surface area contributed by atoms with E-state index in [9.17, 15) is 4.79 Å². The number of aryl methyl sites for hydroxylation is 1. The average Bonchev–Trinajstić information content (AvgIpc) is 2.46. The molecule has 2 unspecified atom stereocenters.